The van der Waals surface area contributed by atoms with Gasteiger partial charge in [-0.15, -0.1) is 0 Å². The van der Waals surface area contributed by atoms with Gasteiger partial charge in [-0.2, -0.15) is 0 Å². The second kappa shape index (κ2) is 13.3. The Morgan fingerprint density at radius 1 is 0.588 bits per heavy atom. The maximum absolute atomic E-state index is 10.9. The van der Waals surface area contributed by atoms with E-state index in [0.717, 1.165) is 55.9 Å². The number of rotatable bonds is 8. The van der Waals surface area contributed by atoms with E-state index in [4.69, 9.17) is 9.97 Å². The highest BCUT2D eigenvalue weighted by Gasteiger charge is 2.21. The zero-order chi connectivity index (χ0) is 35.1. The summed E-state index contributed by atoms with van der Waals surface area (Å²) in [6, 6.07) is 49.9. The van der Waals surface area contributed by atoms with Crippen LogP contribution in [0.3, 0.4) is 0 Å². The molecule has 0 aliphatic carbocycles. The van der Waals surface area contributed by atoms with Crippen LogP contribution in [-0.4, -0.2) is 19.6 Å². The van der Waals surface area contributed by atoms with Crippen molar-refractivity contribution in [3.05, 3.63) is 163 Å². The summed E-state index contributed by atoms with van der Waals surface area (Å²) in [7, 11) is 0. The fraction of sp³-hybridized carbons (Fsp3) is 0.130. The Bertz CT molecular complexity index is 2490. The molecule has 51 heavy (non-hydrogen) atoms. The number of hydrogen-bond acceptors (Lipinski definition) is 4. The van der Waals surface area contributed by atoms with Gasteiger partial charge in [-0.25, -0.2) is 9.97 Å². The molecule has 3 aromatic heterocycles. The van der Waals surface area contributed by atoms with Gasteiger partial charge in [0.05, 0.1) is 16.9 Å². The number of benzene rings is 5. The van der Waals surface area contributed by atoms with E-state index in [9.17, 15) is 5.11 Å². The molecule has 5 nitrogen and oxygen atoms in total. The minimum Gasteiger partial charge on any atom is -0.506 e. The van der Waals surface area contributed by atoms with Crippen molar-refractivity contribution in [2.45, 2.75) is 39.5 Å². The molecule has 0 amide bonds. The Morgan fingerprint density at radius 3 is 2.04 bits per heavy atom. The third-order valence-corrected chi connectivity index (χ3v) is 9.70. The highest BCUT2D eigenvalue weighted by Crippen LogP contribution is 2.41. The number of para-hydroxylation sites is 4. The SMILES string of the molecule is CC(C)c1cccc(C(C)C)c1-c1ccnc(N(c2ccccc2)c2cccc(-c3ccc4c5ccccc5n(-c5ccccc5O)c4n3)c2)c1. The molecule has 0 aliphatic heterocycles. The van der Waals surface area contributed by atoms with Crippen molar-refractivity contribution in [2.24, 2.45) is 0 Å². The quantitative estimate of drug-likeness (QED) is 0.176. The lowest BCUT2D eigenvalue weighted by Crippen LogP contribution is -2.12. The Kier molecular flexibility index (Phi) is 8.33. The van der Waals surface area contributed by atoms with Crippen LogP contribution in [0.1, 0.15) is 50.7 Å². The van der Waals surface area contributed by atoms with Crippen LogP contribution in [0.25, 0.3) is 50.0 Å². The van der Waals surface area contributed by atoms with Gasteiger partial charge in [-0.3, -0.25) is 9.47 Å². The summed E-state index contributed by atoms with van der Waals surface area (Å²) >= 11 is 0. The number of aromatic nitrogens is 3. The first-order chi connectivity index (χ1) is 24.9. The molecular weight excluding hydrogens is 625 g/mol. The maximum Gasteiger partial charge on any atom is 0.146 e. The molecule has 0 radical (unpaired) electrons. The average Bonchev–Trinajstić information content (AvgIpc) is 3.49. The summed E-state index contributed by atoms with van der Waals surface area (Å²) in [4.78, 5) is 12.5. The van der Waals surface area contributed by atoms with Gasteiger partial charge in [0.2, 0.25) is 0 Å². The number of phenolic OH excluding ortho intramolecular Hbond substituents is 1. The topological polar surface area (TPSA) is 54.2 Å². The monoisotopic (exact) mass is 664 g/mol. The number of hydrogen-bond donors (Lipinski definition) is 1. The fourth-order valence-electron chi connectivity index (χ4n) is 7.27. The standard InChI is InChI=1S/C46H40N4O/c1-30(2)36-19-13-20-37(31(3)4)45(36)33-26-27-47-44(29-33)49(34-15-6-5-7-16-34)35-17-12-14-32(28-35)40-25-24-39-38-18-8-9-21-41(38)50(46(39)48-40)42-22-10-11-23-43(42)51/h5-31,51H,1-4H3. The van der Waals surface area contributed by atoms with E-state index >= 15 is 0 Å². The van der Waals surface area contributed by atoms with Crippen molar-refractivity contribution in [2.75, 3.05) is 4.90 Å². The van der Waals surface area contributed by atoms with E-state index in [1.165, 1.54) is 16.7 Å². The van der Waals surface area contributed by atoms with E-state index in [-0.39, 0.29) is 5.75 Å². The van der Waals surface area contributed by atoms with Crippen LogP contribution in [-0.2, 0) is 0 Å². The predicted molar refractivity (Wildman–Crippen MR) is 212 cm³/mol. The molecule has 250 valence electrons. The lowest BCUT2D eigenvalue weighted by molar-refractivity contribution is 0.473. The fourth-order valence-corrected chi connectivity index (χ4v) is 7.27. The van der Waals surface area contributed by atoms with Gasteiger partial charge in [0.1, 0.15) is 17.2 Å². The van der Waals surface area contributed by atoms with E-state index < -0.39 is 0 Å². The third-order valence-electron chi connectivity index (χ3n) is 9.70. The van der Waals surface area contributed by atoms with E-state index in [0.29, 0.717) is 17.5 Å². The number of phenols is 1. The van der Waals surface area contributed by atoms with Crippen molar-refractivity contribution in [1.82, 2.24) is 14.5 Å². The molecule has 8 aromatic rings. The van der Waals surface area contributed by atoms with E-state index in [1.54, 1.807) is 6.07 Å². The summed E-state index contributed by atoms with van der Waals surface area (Å²) < 4.78 is 2.06. The largest absolute Gasteiger partial charge is 0.506 e. The Balaban J connectivity index is 1.28. The van der Waals surface area contributed by atoms with Gasteiger partial charge < -0.3 is 5.11 Å². The first-order valence-electron chi connectivity index (χ1n) is 17.6. The summed E-state index contributed by atoms with van der Waals surface area (Å²) in [5.74, 6) is 1.81. The number of anilines is 3. The summed E-state index contributed by atoms with van der Waals surface area (Å²) in [6.45, 7) is 9.06. The first-order valence-corrected chi connectivity index (χ1v) is 17.6. The number of pyridine rings is 2. The molecule has 0 aliphatic rings. The van der Waals surface area contributed by atoms with Crippen molar-refractivity contribution >= 4 is 39.1 Å². The molecular formula is C46H40N4O. The minimum atomic E-state index is 0.208. The van der Waals surface area contributed by atoms with Crippen LogP contribution in [0.2, 0.25) is 0 Å². The second-order valence-electron chi connectivity index (χ2n) is 13.7. The Labute approximate surface area is 299 Å². The Hall–Kier alpha value is -6.20. The summed E-state index contributed by atoms with van der Waals surface area (Å²) in [6.07, 6.45) is 1.93. The summed E-state index contributed by atoms with van der Waals surface area (Å²) in [5, 5.41) is 13.0. The van der Waals surface area contributed by atoms with Gasteiger partial charge in [-0.1, -0.05) is 107 Å². The molecule has 0 unspecified atom stereocenters. The molecule has 3 heterocycles. The molecule has 0 bridgehead atoms. The van der Waals surface area contributed by atoms with Crippen LogP contribution in [0, 0.1) is 0 Å². The average molecular weight is 665 g/mol. The molecule has 1 N–H and O–H groups in total. The van der Waals surface area contributed by atoms with Crippen LogP contribution in [0.4, 0.5) is 17.2 Å². The zero-order valence-corrected chi connectivity index (χ0v) is 29.3. The smallest absolute Gasteiger partial charge is 0.146 e. The maximum atomic E-state index is 10.9. The van der Waals surface area contributed by atoms with Crippen molar-refractivity contribution in [3.8, 4) is 33.8 Å². The minimum absolute atomic E-state index is 0.208. The molecule has 0 saturated carbocycles. The number of nitrogens with zero attached hydrogens (tertiary/aromatic N) is 4. The van der Waals surface area contributed by atoms with Crippen molar-refractivity contribution < 1.29 is 5.11 Å². The highest BCUT2D eigenvalue weighted by molar-refractivity contribution is 6.08. The molecule has 0 atom stereocenters. The van der Waals surface area contributed by atoms with E-state index in [1.807, 2.05) is 42.6 Å². The molecule has 0 saturated heterocycles. The molecule has 0 fully saturated rings. The lowest BCUT2D eigenvalue weighted by atomic mass is 9.85. The van der Waals surface area contributed by atoms with Crippen LogP contribution < -0.4 is 4.90 Å². The lowest BCUT2D eigenvalue weighted by Gasteiger charge is -2.26. The highest BCUT2D eigenvalue weighted by atomic mass is 16.3. The third kappa shape index (κ3) is 5.81. The molecule has 0 spiro atoms. The van der Waals surface area contributed by atoms with Gasteiger partial charge in [-0.05, 0) is 101 Å². The van der Waals surface area contributed by atoms with Crippen LogP contribution >= 0.6 is 0 Å². The number of fused-ring (bicyclic) bond motifs is 3. The second-order valence-corrected chi connectivity index (χ2v) is 13.7. The van der Waals surface area contributed by atoms with E-state index in [2.05, 4.69) is 140 Å². The van der Waals surface area contributed by atoms with Crippen LogP contribution in [0.15, 0.2) is 152 Å². The van der Waals surface area contributed by atoms with Gasteiger partial charge in [0.25, 0.3) is 0 Å². The van der Waals surface area contributed by atoms with Gasteiger partial charge in [0, 0.05) is 33.9 Å². The molecule has 5 aromatic carbocycles. The molecule has 8 rings (SSSR count). The van der Waals surface area contributed by atoms with Gasteiger partial charge >= 0.3 is 0 Å². The van der Waals surface area contributed by atoms with Gasteiger partial charge in [0.15, 0.2) is 0 Å². The first kappa shape index (κ1) is 32.0. The Morgan fingerprint density at radius 2 is 1.27 bits per heavy atom. The molecule has 5 heteroatoms. The predicted octanol–water partition coefficient (Wildman–Crippen LogP) is 12.3. The van der Waals surface area contributed by atoms with Crippen molar-refractivity contribution in [3.63, 3.8) is 0 Å². The number of aromatic hydroxyl groups is 1. The van der Waals surface area contributed by atoms with Crippen molar-refractivity contribution in [1.29, 1.82) is 0 Å². The summed E-state index contributed by atoms with van der Waals surface area (Å²) in [5.41, 5.74) is 11.4. The van der Waals surface area contributed by atoms with Crippen LogP contribution in [0.5, 0.6) is 5.75 Å². The normalized spacial score (nSPS) is 11.6. The zero-order valence-electron chi connectivity index (χ0n) is 29.3.